The molecule has 0 radical (unpaired) electrons. The summed E-state index contributed by atoms with van der Waals surface area (Å²) in [5.41, 5.74) is 0. The molecule has 0 aliphatic carbocycles. The van der Waals surface area contributed by atoms with Crippen LogP contribution in [0.3, 0.4) is 0 Å². The third kappa shape index (κ3) is 6.05. The minimum atomic E-state index is -0.253. The van der Waals surface area contributed by atoms with Crippen molar-refractivity contribution in [3.63, 3.8) is 0 Å². The van der Waals surface area contributed by atoms with Gasteiger partial charge in [0, 0.05) is 7.11 Å². The molecule has 0 saturated heterocycles. The van der Waals surface area contributed by atoms with E-state index < -0.39 is 0 Å². The standard InChI is InChI=1S/C8H18O2/c1-3-4-5-6-8(9)7-10-2/h8-9H,3-7H2,1-2H3/t8-/m0/s1. The third-order valence-corrected chi connectivity index (χ3v) is 1.50. The van der Waals surface area contributed by atoms with Crippen molar-refractivity contribution in [1.82, 2.24) is 0 Å². The van der Waals surface area contributed by atoms with Crippen LogP contribution in [0.5, 0.6) is 0 Å². The minimum absolute atomic E-state index is 0.253. The second-order valence-electron chi connectivity index (χ2n) is 2.60. The molecular weight excluding hydrogens is 128 g/mol. The molecule has 0 spiro atoms. The first kappa shape index (κ1) is 9.92. The molecule has 0 rings (SSSR count). The molecule has 0 aliphatic rings. The van der Waals surface area contributed by atoms with E-state index in [1.807, 2.05) is 0 Å². The van der Waals surface area contributed by atoms with Gasteiger partial charge in [0.25, 0.3) is 0 Å². The van der Waals surface area contributed by atoms with Crippen molar-refractivity contribution >= 4 is 0 Å². The van der Waals surface area contributed by atoms with Crippen LogP contribution in [-0.4, -0.2) is 24.9 Å². The molecule has 0 saturated carbocycles. The molecule has 0 aliphatic heterocycles. The van der Waals surface area contributed by atoms with Gasteiger partial charge >= 0.3 is 0 Å². The van der Waals surface area contributed by atoms with Crippen molar-refractivity contribution in [2.75, 3.05) is 13.7 Å². The summed E-state index contributed by atoms with van der Waals surface area (Å²) in [6.07, 6.45) is 4.15. The molecule has 2 nitrogen and oxygen atoms in total. The van der Waals surface area contributed by atoms with E-state index in [0.717, 1.165) is 12.8 Å². The number of aliphatic hydroxyl groups excluding tert-OH is 1. The summed E-state index contributed by atoms with van der Waals surface area (Å²) in [5.74, 6) is 0. The van der Waals surface area contributed by atoms with Gasteiger partial charge in [-0.2, -0.15) is 0 Å². The van der Waals surface area contributed by atoms with Gasteiger partial charge in [0.2, 0.25) is 0 Å². The van der Waals surface area contributed by atoms with Crippen LogP contribution in [0.1, 0.15) is 32.6 Å². The number of hydrogen-bond donors (Lipinski definition) is 1. The SMILES string of the molecule is CCCCC[C@H](O)COC. The van der Waals surface area contributed by atoms with Crippen molar-refractivity contribution in [2.24, 2.45) is 0 Å². The normalized spacial score (nSPS) is 13.5. The lowest BCUT2D eigenvalue weighted by molar-refractivity contribution is 0.0577. The van der Waals surface area contributed by atoms with Crippen molar-refractivity contribution < 1.29 is 9.84 Å². The molecule has 0 aromatic heterocycles. The zero-order valence-electron chi connectivity index (χ0n) is 6.97. The molecule has 62 valence electrons. The van der Waals surface area contributed by atoms with Gasteiger partial charge in [-0.1, -0.05) is 26.2 Å². The van der Waals surface area contributed by atoms with E-state index >= 15 is 0 Å². The molecule has 0 amide bonds. The van der Waals surface area contributed by atoms with Crippen LogP contribution in [0.2, 0.25) is 0 Å². The first-order chi connectivity index (χ1) is 4.81. The lowest BCUT2D eigenvalue weighted by atomic mass is 10.1. The zero-order chi connectivity index (χ0) is 7.82. The Labute approximate surface area is 63.2 Å². The Kier molecular flexibility index (Phi) is 6.98. The molecule has 0 fully saturated rings. The minimum Gasteiger partial charge on any atom is -0.391 e. The van der Waals surface area contributed by atoms with Gasteiger partial charge in [-0.25, -0.2) is 0 Å². The van der Waals surface area contributed by atoms with Crippen molar-refractivity contribution in [1.29, 1.82) is 0 Å². The van der Waals surface area contributed by atoms with Crippen LogP contribution in [0.4, 0.5) is 0 Å². The van der Waals surface area contributed by atoms with E-state index in [9.17, 15) is 0 Å². The Morgan fingerprint density at radius 2 is 2.10 bits per heavy atom. The Hall–Kier alpha value is -0.0800. The maximum Gasteiger partial charge on any atom is 0.0773 e. The Bertz CT molecular complexity index is 64.3. The second kappa shape index (κ2) is 7.03. The summed E-state index contributed by atoms with van der Waals surface area (Å²) >= 11 is 0. The molecule has 10 heavy (non-hydrogen) atoms. The highest BCUT2D eigenvalue weighted by atomic mass is 16.5. The van der Waals surface area contributed by atoms with Crippen molar-refractivity contribution in [3.05, 3.63) is 0 Å². The van der Waals surface area contributed by atoms with Gasteiger partial charge in [-0.05, 0) is 6.42 Å². The number of ether oxygens (including phenoxy) is 1. The Morgan fingerprint density at radius 3 is 2.60 bits per heavy atom. The number of hydrogen-bond acceptors (Lipinski definition) is 2. The first-order valence-electron chi connectivity index (χ1n) is 3.98. The highest BCUT2D eigenvalue weighted by Crippen LogP contribution is 2.02. The molecule has 0 bridgehead atoms. The smallest absolute Gasteiger partial charge is 0.0773 e. The first-order valence-corrected chi connectivity index (χ1v) is 3.98. The average molecular weight is 146 g/mol. The van der Waals surface area contributed by atoms with Gasteiger partial charge in [-0.15, -0.1) is 0 Å². The van der Waals surface area contributed by atoms with Crippen LogP contribution >= 0.6 is 0 Å². The van der Waals surface area contributed by atoms with Gasteiger partial charge in [0.05, 0.1) is 12.7 Å². The quantitative estimate of drug-likeness (QED) is 0.576. The van der Waals surface area contributed by atoms with Crippen LogP contribution in [0.25, 0.3) is 0 Å². The third-order valence-electron chi connectivity index (χ3n) is 1.50. The molecule has 1 N–H and O–H groups in total. The predicted molar refractivity (Wildman–Crippen MR) is 42.0 cm³/mol. The maximum atomic E-state index is 9.15. The summed E-state index contributed by atoms with van der Waals surface area (Å²) in [6.45, 7) is 2.63. The second-order valence-corrected chi connectivity index (χ2v) is 2.60. The Morgan fingerprint density at radius 1 is 1.40 bits per heavy atom. The van der Waals surface area contributed by atoms with Gasteiger partial charge in [-0.3, -0.25) is 0 Å². The lowest BCUT2D eigenvalue weighted by Gasteiger charge is -2.07. The summed E-state index contributed by atoms with van der Waals surface area (Å²) < 4.78 is 4.78. The number of unbranched alkanes of at least 4 members (excludes halogenated alkanes) is 2. The average Bonchev–Trinajstić information content (AvgIpc) is 1.89. The van der Waals surface area contributed by atoms with E-state index in [1.54, 1.807) is 7.11 Å². The monoisotopic (exact) mass is 146 g/mol. The van der Waals surface area contributed by atoms with E-state index in [-0.39, 0.29) is 6.10 Å². The van der Waals surface area contributed by atoms with E-state index in [2.05, 4.69) is 6.92 Å². The van der Waals surface area contributed by atoms with Gasteiger partial charge in [0.15, 0.2) is 0 Å². The zero-order valence-corrected chi connectivity index (χ0v) is 6.97. The molecule has 0 unspecified atom stereocenters. The number of methoxy groups -OCH3 is 1. The molecule has 1 atom stereocenters. The van der Waals surface area contributed by atoms with E-state index in [1.165, 1.54) is 12.8 Å². The van der Waals surface area contributed by atoms with Crippen molar-refractivity contribution in [3.8, 4) is 0 Å². The fourth-order valence-electron chi connectivity index (χ4n) is 0.906. The van der Waals surface area contributed by atoms with Gasteiger partial charge in [0.1, 0.15) is 0 Å². The molecule has 0 aromatic rings. The van der Waals surface area contributed by atoms with Crippen molar-refractivity contribution in [2.45, 2.75) is 38.7 Å². The highest BCUT2D eigenvalue weighted by molar-refractivity contribution is 4.52. The Balaban J connectivity index is 2.97. The maximum absolute atomic E-state index is 9.15. The number of aliphatic hydroxyl groups is 1. The van der Waals surface area contributed by atoms with Crippen LogP contribution in [0, 0.1) is 0 Å². The van der Waals surface area contributed by atoms with Gasteiger partial charge < -0.3 is 9.84 Å². The number of rotatable bonds is 6. The molecule has 2 heteroatoms. The molecule has 0 heterocycles. The summed E-state index contributed by atoms with van der Waals surface area (Å²) in [7, 11) is 1.61. The summed E-state index contributed by atoms with van der Waals surface area (Å²) in [5, 5.41) is 9.15. The summed E-state index contributed by atoms with van der Waals surface area (Å²) in [4.78, 5) is 0. The van der Waals surface area contributed by atoms with Crippen LogP contribution in [-0.2, 0) is 4.74 Å². The predicted octanol–water partition coefficient (Wildman–Crippen LogP) is 1.57. The fraction of sp³-hybridized carbons (Fsp3) is 1.00. The lowest BCUT2D eigenvalue weighted by Crippen LogP contribution is -2.13. The largest absolute Gasteiger partial charge is 0.391 e. The molecule has 0 aromatic carbocycles. The fourth-order valence-corrected chi connectivity index (χ4v) is 0.906. The summed E-state index contributed by atoms with van der Waals surface area (Å²) in [6, 6.07) is 0. The van der Waals surface area contributed by atoms with E-state index in [4.69, 9.17) is 9.84 Å². The van der Waals surface area contributed by atoms with Crippen LogP contribution in [0.15, 0.2) is 0 Å². The topological polar surface area (TPSA) is 29.5 Å². The molecular formula is C8H18O2. The van der Waals surface area contributed by atoms with Crippen LogP contribution < -0.4 is 0 Å². The van der Waals surface area contributed by atoms with E-state index in [0.29, 0.717) is 6.61 Å². The highest BCUT2D eigenvalue weighted by Gasteiger charge is 2.00.